The third kappa shape index (κ3) is 4.26. The van der Waals surface area contributed by atoms with Crippen molar-refractivity contribution in [3.8, 4) is 5.75 Å². The Morgan fingerprint density at radius 3 is 2.67 bits per heavy atom. The van der Waals surface area contributed by atoms with E-state index in [1.807, 2.05) is 13.8 Å². The maximum absolute atomic E-state index is 12.0. The molecule has 0 unspecified atom stereocenters. The first kappa shape index (κ1) is 15.5. The van der Waals surface area contributed by atoms with Crippen LogP contribution < -0.4 is 9.46 Å². The Kier molecular flexibility index (Phi) is 6.11. The molecular weight excluding hydrogens is 318 g/mol. The van der Waals surface area contributed by atoms with Crippen LogP contribution in [0, 0.1) is 0 Å². The highest BCUT2D eigenvalue weighted by Gasteiger charge is 2.15. The highest BCUT2D eigenvalue weighted by Crippen LogP contribution is 2.27. The smallest absolute Gasteiger partial charge is 0.240 e. The Bertz CT molecular complexity index is 488. The molecule has 4 nitrogen and oxygen atoms in total. The van der Waals surface area contributed by atoms with E-state index < -0.39 is 10.0 Å². The topological polar surface area (TPSA) is 55.4 Å². The van der Waals surface area contributed by atoms with Crippen LogP contribution in [0.15, 0.2) is 27.6 Å². The SMILES string of the molecule is CCCCNS(=O)(=O)c1ccc(Br)c(OCC)c1. The Morgan fingerprint density at radius 2 is 2.06 bits per heavy atom. The average Bonchev–Trinajstić information content (AvgIpc) is 2.32. The van der Waals surface area contributed by atoms with Gasteiger partial charge < -0.3 is 4.74 Å². The number of benzene rings is 1. The van der Waals surface area contributed by atoms with Crippen LogP contribution in [0.5, 0.6) is 5.75 Å². The van der Waals surface area contributed by atoms with Crippen molar-refractivity contribution in [3.63, 3.8) is 0 Å². The fourth-order valence-electron chi connectivity index (χ4n) is 1.38. The van der Waals surface area contributed by atoms with Crippen molar-refractivity contribution in [2.75, 3.05) is 13.2 Å². The molecule has 0 aromatic heterocycles. The summed E-state index contributed by atoms with van der Waals surface area (Å²) in [5.41, 5.74) is 0. The largest absolute Gasteiger partial charge is 0.493 e. The molecule has 0 aliphatic heterocycles. The van der Waals surface area contributed by atoms with Crippen molar-refractivity contribution >= 4 is 26.0 Å². The molecule has 0 heterocycles. The minimum atomic E-state index is -3.44. The third-order valence-electron chi connectivity index (χ3n) is 2.34. The van der Waals surface area contributed by atoms with Crippen molar-refractivity contribution in [2.24, 2.45) is 0 Å². The normalized spacial score (nSPS) is 11.5. The quantitative estimate of drug-likeness (QED) is 0.779. The first-order valence-electron chi connectivity index (χ1n) is 5.93. The van der Waals surface area contributed by atoms with Crippen LogP contribution >= 0.6 is 15.9 Å². The second-order valence-electron chi connectivity index (χ2n) is 3.78. The fourth-order valence-corrected chi connectivity index (χ4v) is 2.83. The third-order valence-corrected chi connectivity index (χ3v) is 4.45. The van der Waals surface area contributed by atoms with E-state index >= 15 is 0 Å². The number of sulfonamides is 1. The number of unbranched alkanes of at least 4 members (excludes halogenated alkanes) is 1. The van der Waals surface area contributed by atoms with Gasteiger partial charge in [-0.2, -0.15) is 0 Å². The number of halogens is 1. The molecule has 0 saturated carbocycles. The molecule has 0 bridgehead atoms. The molecule has 1 rings (SSSR count). The number of nitrogens with one attached hydrogen (secondary N) is 1. The summed E-state index contributed by atoms with van der Waals surface area (Å²) in [4.78, 5) is 0.227. The zero-order chi connectivity index (χ0) is 13.6. The summed E-state index contributed by atoms with van der Waals surface area (Å²) in [5, 5.41) is 0. The van der Waals surface area contributed by atoms with Gasteiger partial charge in [0.25, 0.3) is 0 Å². The summed E-state index contributed by atoms with van der Waals surface area (Å²) >= 11 is 3.32. The van der Waals surface area contributed by atoms with E-state index in [4.69, 9.17) is 4.74 Å². The van der Waals surface area contributed by atoms with Gasteiger partial charge in [0.05, 0.1) is 16.0 Å². The van der Waals surface area contributed by atoms with Crippen LogP contribution in [-0.2, 0) is 10.0 Å². The van der Waals surface area contributed by atoms with E-state index in [1.54, 1.807) is 12.1 Å². The Hall–Kier alpha value is -0.590. The molecule has 102 valence electrons. The molecule has 0 spiro atoms. The Morgan fingerprint density at radius 1 is 1.33 bits per heavy atom. The minimum Gasteiger partial charge on any atom is -0.493 e. The van der Waals surface area contributed by atoms with Crippen molar-refractivity contribution in [1.82, 2.24) is 4.72 Å². The predicted octanol–water partition coefficient (Wildman–Crippen LogP) is 2.93. The lowest BCUT2D eigenvalue weighted by Gasteiger charge is -2.10. The number of hydrogen-bond acceptors (Lipinski definition) is 3. The van der Waals surface area contributed by atoms with Crippen molar-refractivity contribution < 1.29 is 13.2 Å². The zero-order valence-electron chi connectivity index (χ0n) is 10.6. The van der Waals surface area contributed by atoms with E-state index in [9.17, 15) is 8.42 Å². The van der Waals surface area contributed by atoms with Crippen molar-refractivity contribution in [2.45, 2.75) is 31.6 Å². The predicted molar refractivity (Wildman–Crippen MR) is 75.4 cm³/mol. The molecule has 0 saturated heterocycles. The molecule has 18 heavy (non-hydrogen) atoms. The molecule has 0 fully saturated rings. The summed E-state index contributed by atoms with van der Waals surface area (Å²) in [6, 6.07) is 4.77. The van der Waals surface area contributed by atoms with Crippen LogP contribution in [0.2, 0.25) is 0 Å². The highest BCUT2D eigenvalue weighted by molar-refractivity contribution is 9.10. The summed E-state index contributed by atoms with van der Waals surface area (Å²) in [5.74, 6) is 0.538. The second kappa shape index (κ2) is 7.11. The maximum atomic E-state index is 12.0. The van der Waals surface area contributed by atoms with Gasteiger partial charge in [-0.15, -0.1) is 0 Å². The van der Waals surface area contributed by atoms with Gasteiger partial charge in [0.1, 0.15) is 5.75 Å². The Balaban J connectivity index is 2.91. The van der Waals surface area contributed by atoms with Gasteiger partial charge >= 0.3 is 0 Å². The van der Waals surface area contributed by atoms with E-state index in [1.165, 1.54) is 6.07 Å². The molecule has 0 aliphatic rings. The first-order chi connectivity index (χ1) is 8.51. The van der Waals surface area contributed by atoms with Gasteiger partial charge in [0.15, 0.2) is 0 Å². The van der Waals surface area contributed by atoms with E-state index in [0.29, 0.717) is 18.9 Å². The van der Waals surface area contributed by atoms with Crippen LogP contribution in [0.1, 0.15) is 26.7 Å². The molecule has 6 heteroatoms. The fraction of sp³-hybridized carbons (Fsp3) is 0.500. The van der Waals surface area contributed by atoms with E-state index in [-0.39, 0.29) is 4.90 Å². The molecule has 1 N–H and O–H groups in total. The van der Waals surface area contributed by atoms with Gasteiger partial charge in [-0.05, 0) is 41.4 Å². The van der Waals surface area contributed by atoms with Gasteiger partial charge in [0, 0.05) is 12.6 Å². The highest BCUT2D eigenvalue weighted by atomic mass is 79.9. The molecule has 0 radical (unpaired) electrons. The summed E-state index contributed by atoms with van der Waals surface area (Å²) in [7, 11) is -3.44. The minimum absolute atomic E-state index is 0.227. The van der Waals surface area contributed by atoms with Crippen molar-refractivity contribution in [1.29, 1.82) is 0 Å². The lowest BCUT2D eigenvalue weighted by Crippen LogP contribution is -2.24. The number of hydrogen-bond donors (Lipinski definition) is 1. The molecule has 0 aliphatic carbocycles. The molecule has 1 aromatic rings. The van der Waals surface area contributed by atoms with Crippen LogP contribution in [0.25, 0.3) is 0 Å². The summed E-state index contributed by atoms with van der Waals surface area (Å²) in [6.45, 7) is 4.82. The lowest BCUT2D eigenvalue weighted by molar-refractivity contribution is 0.337. The molecule has 0 amide bonds. The zero-order valence-corrected chi connectivity index (χ0v) is 13.0. The van der Waals surface area contributed by atoms with Gasteiger partial charge in [-0.25, -0.2) is 13.1 Å². The second-order valence-corrected chi connectivity index (χ2v) is 6.40. The van der Waals surface area contributed by atoms with Gasteiger partial charge in [0.2, 0.25) is 10.0 Å². The van der Waals surface area contributed by atoms with E-state index in [0.717, 1.165) is 17.3 Å². The van der Waals surface area contributed by atoms with Gasteiger partial charge in [-0.3, -0.25) is 0 Å². The first-order valence-corrected chi connectivity index (χ1v) is 8.21. The van der Waals surface area contributed by atoms with Crippen LogP contribution in [0.3, 0.4) is 0 Å². The van der Waals surface area contributed by atoms with Crippen LogP contribution in [-0.4, -0.2) is 21.6 Å². The summed E-state index contributed by atoms with van der Waals surface area (Å²) in [6.07, 6.45) is 1.78. The number of ether oxygens (including phenoxy) is 1. The maximum Gasteiger partial charge on any atom is 0.240 e. The van der Waals surface area contributed by atoms with Crippen LogP contribution in [0.4, 0.5) is 0 Å². The number of rotatable bonds is 7. The van der Waals surface area contributed by atoms with E-state index in [2.05, 4.69) is 20.7 Å². The summed E-state index contributed by atoms with van der Waals surface area (Å²) < 4.78 is 32.7. The average molecular weight is 336 g/mol. The monoisotopic (exact) mass is 335 g/mol. The molecular formula is C12H18BrNO3S. The lowest BCUT2D eigenvalue weighted by atomic mass is 10.3. The van der Waals surface area contributed by atoms with Crippen molar-refractivity contribution in [3.05, 3.63) is 22.7 Å². The molecule has 0 atom stereocenters. The standard InChI is InChI=1S/C12H18BrNO3S/c1-3-5-8-14-18(15,16)10-6-7-11(13)12(9-10)17-4-2/h6-7,9,14H,3-5,8H2,1-2H3. The molecule has 1 aromatic carbocycles. The Labute approximate surface area is 117 Å². The van der Waals surface area contributed by atoms with Gasteiger partial charge in [-0.1, -0.05) is 13.3 Å².